The number of hydrogen-bond acceptors (Lipinski definition) is 5. The summed E-state index contributed by atoms with van der Waals surface area (Å²) in [5.74, 6) is 0.313. The Morgan fingerprint density at radius 1 is 1.09 bits per heavy atom. The van der Waals surface area contributed by atoms with Crippen LogP contribution in [0.25, 0.3) is 22.3 Å². The van der Waals surface area contributed by atoms with Gasteiger partial charge < -0.3 is 4.74 Å². The number of pyridine rings is 1. The number of rotatable bonds is 4. The summed E-state index contributed by atoms with van der Waals surface area (Å²) in [6, 6.07) is 9.00. The molecule has 4 aromatic rings. The van der Waals surface area contributed by atoms with Crippen LogP contribution in [0.15, 0.2) is 42.7 Å². The van der Waals surface area contributed by atoms with E-state index in [1.807, 2.05) is 29.9 Å². The molecule has 6 rings (SSSR count). The Bertz CT molecular complexity index is 1390. The predicted octanol–water partition coefficient (Wildman–Crippen LogP) is 6.35. The van der Waals surface area contributed by atoms with Gasteiger partial charge in [0.05, 0.1) is 30.1 Å². The van der Waals surface area contributed by atoms with Gasteiger partial charge in [0.1, 0.15) is 11.6 Å². The van der Waals surface area contributed by atoms with E-state index < -0.39 is 5.82 Å². The fourth-order valence-corrected chi connectivity index (χ4v) is 4.98. The van der Waals surface area contributed by atoms with Crippen molar-refractivity contribution in [3.8, 4) is 11.3 Å². The number of nitrogens with zero attached hydrogens (tertiary/aromatic N) is 5. The fourth-order valence-electron chi connectivity index (χ4n) is 4.82. The molecule has 0 amide bonds. The summed E-state index contributed by atoms with van der Waals surface area (Å²) in [5.41, 5.74) is 3.45. The lowest BCUT2D eigenvalue weighted by Crippen LogP contribution is -2.26. The molecule has 34 heavy (non-hydrogen) atoms. The van der Waals surface area contributed by atoms with E-state index >= 15 is 0 Å². The molecule has 1 aliphatic heterocycles. The van der Waals surface area contributed by atoms with Crippen LogP contribution in [0, 0.1) is 12.7 Å². The van der Waals surface area contributed by atoms with Crippen LogP contribution in [-0.2, 0) is 4.74 Å². The Balaban J connectivity index is 1.41. The molecule has 1 saturated carbocycles. The first-order chi connectivity index (χ1) is 16.4. The van der Waals surface area contributed by atoms with Crippen LogP contribution in [0.3, 0.4) is 0 Å². The lowest BCUT2D eigenvalue weighted by atomic mass is 9.89. The van der Waals surface area contributed by atoms with Crippen molar-refractivity contribution >= 4 is 22.6 Å². The Labute approximate surface area is 202 Å². The van der Waals surface area contributed by atoms with Crippen LogP contribution >= 0.6 is 11.6 Å². The molecular formula is C26H25ClFN5O. The molecule has 3 aromatic heterocycles. The zero-order valence-electron chi connectivity index (χ0n) is 19.1. The molecule has 0 radical (unpaired) electrons. The predicted molar refractivity (Wildman–Crippen MR) is 128 cm³/mol. The molecule has 0 spiro atoms. The normalized spacial score (nSPS) is 22.9. The highest BCUT2D eigenvalue weighted by molar-refractivity contribution is 6.30. The van der Waals surface area contributed by atoms with Crippen LogP contribution < -0.4 is 0 Å². The maximum atomic E-state index is 14.9. The second kappa shape index (κ2) is 8.40. The van der Waals surface area contributed by atoms with Crippen LogP contribution in [0.2, 0.25) is 5.02 Å². The van der Waals surface area contributed by atoms with Gasteiger partial charge in [-0.15, -0.1) is 0 Å². The smallest absolute Gasteiger partial charge is 0.163 e. The second-order valence-corrected chi connectivity index (χ2v) is 9.90. The molecule has 2 aliphatic rings. The first kappa shape index (κ1) is 21.6. The van der Waals surface area contributed by atoms with E-state index in [2.05, 4.69) is 23.2 Å². The van der Waals surface area contributed by atoms with Gasteiger partial charge in [0, 0.05) is 39.3 Å². The molecule has 0 N–H and O–H groups in total. The molecule has 0 bridgehead atoms. The van der Waals surface area contributed by atoms with E-state index in [-0.39, 0.29) is 18.1 Å². The van der Waals surface area contributed by atoms with E-state index in [9.17, 15) is 4.39 Å². The number of hydrogen-bond donors (Lipinski definition) is 0. The maximum absolute atomic E-state index is 14.9. The van der Waals surface area contributed by atoms with E-state index in [1.54, 1.807) is 12.1 Å². The lowest BCUT2D eigenvalue weighted by molar-refractivity contribution is -0.0511. The van der Waals surface area contributed by atoms with Gasteiger partial charge in [-0.3, -0.25) is 4.68 Å². The average Bonchev–Trinajstić information content (AvgIpc) is 3.54. The first-order valence-electron chi connectivity index (χ1n) is 11.7. The van der Waals surface area contributed by atoms with Crippen molar-refractivity contribution in [2.45, 2.75) is 63.7 Å². The summed E-state index contributed by atoms with van der Waals surface area (Å²) < 4.78 is 23.3. The topological polar surface area (TPSA) is 65.7 Å². The highest BCUT2D eigenvalue weighted by Gasteiger charge is 2.33. The summed E-state index contributed by atoms with van der Waals surface area (Å²) in [6.45, 7) is 4.00. The third-order valence-corrected chi connectivity index (χ3v) is 6.93. The van der Waals surface area contributed by atoms with E-state index in [0.717, 1.165) is 29.5 Å². The Morgan fingerprint density at radius 2 is 1.94 bits per heavy atom. The van der Waals surface area contributed by atoms with Gasteiger partial charge in [0.2, 0.25) is 0 Å². The fraction of sp³-hybridized carbons (Fsp3) is 0.385. The molecule has 6 nitrogen and oxygen atoms in total. The van der Waals surface area contributed by atoms with E-state index in [1.165, 1.54) is 18.9 Å². The summed E-state index contributed by atoms with van der Waals surface area (Å²) >= 11 is 6.01. The van der Waals surface area contributed by atoms with E-state index in [0.29, 0.717) is 33.8 Å². The number of benzene rings is 1. The summed E-state index contributed by atoms with van der Waals surface area (Å²) in [4.78, 5) is 14.4. The number of aromatic nitrogens is 5. The zero-order valence-corrected chi connectivity index (χ0v) is 19.8. The monoisotopic (exact) mass is 477 g/mol. The van der Waals surface area contributed by atoms with Crippen molar-refractivity contribution in [1.29, 1.82) is 0 Å². The number of ether oxygens (including phenoxy) is 1. The molecule has 2 fully saturated rings. The molecule has 3 unspecified atom stereocenters. The first-order valence-corrected chi connectivity index (χ1v) is 12.1. The molecule has 3 atom stereocenters. The highest BCUT2D eigenvalue weighted by atomic mass is 35.5. The van der Waals surface area contributed by atoms with E-state index in [4.69, 9.17) is 26.3 Å². The number of aryl methyl sites for hydroxylation is 1. The molecule has 1 saturated heterocycles. The molecule has 174 valence electrons. The molecular weight excluding hydrogens is 453 g/mol. The van der Waals surface area contributed by atoms with Gasteiger partial charge in [0.25, 0.3) is 0 Å². The minimum atomic E-state index is -0.412. The standard InChI is InChI=1S/C26H25ClFN5O/c1-14-3-7-21-24(20-8-4-18(27)11-22(20)28)31-25(32-26(21)30-14)16-9-15(2)34-23(10-16)17-12-29-33(13-17)19-5-6-19/h3-4,7-8,11-13,15-16,19,23H,5-6,9-10H2,1-2H3. The lowest BCUT2D eigenvalue weighted by Gasteiger charge is -2.33. The highest BCUT2D eigenvalue weighted by Crippen LogP contribution is 2.41. The van der Waals surface area contributed by atoms with Crippen LogP contribution in [0.4, 0.5) is 4.39 Å². The van der Waals surface area contributed by atoms with Gasteiger partial charge in [-0.1, -0.05) is 11.6 Å². The van der Waals surface area contributed by atoms with Crippen molar-refractivity contribution in [3.05, 3.63) is 70.6 Å². The third kappa shape index (κ3) is 4.07. The van der Waals surface area contributed by atoms with Gasteiger partial charge in [-0.2, -0.15) is 5.10 Å². The minimum absolute atomic E-state index is 0.0357. The van der Waals surface area contributed by atoms with Gasteiger partial charge >= 0.3 is 0 Å². The van der Waals surface area contributed by atoms with Crippen LogP contribution in [0.5, 0.6) is 0 Å². The van der Waals surface area contributed by atoms with Crippen molar-refractivity contribution in [2.24, 2.45) is 0 Å². The quantitative estimate of drug-likeness (QED) is 0.342. The Kier molecular flexibility index (Phi) is 5.34. The third-order valence-electron chi connectivity index (χ3n) is 6.69. The van der Waals surface area contributed by atoms with Crippen LogP contribution in [-0.4, -0.2) is 30.8 Å². The molecule has 4 heterocycles. The second-order valence-electron chi connectivity index (χ2n) is 9.47. The Hall–Kier alpha value is -2.90. The number of halogens is 2. The zero-order chi connectivity index (χ0) is 23.4. The molecule has 1 aliphatic carbocycles. The van der Waals surface area contributed by atoms with Gasteiger partial charge in [-0.05, 0) is 69.9 Å². The van der Waals surface area contributed by atoms with Crippen molar-refractivity contribution in [2.75, 3.05) is 0 Å². The molecule has 1 aromatic carbocycles. The average molecular weight is 478 g/mol. The van der Waals surface area contributed by atoms with Crippen molar-refractivity contribution in [3.63, 3.8) is 0 Å². The number of fused-ring (bicyclic) bond motifs is 1. The summed E-state index contributed by atoms with van der Waals surface area (Å²) in [5, 5.41) is 5.61. The van der Waals surface area contributed by atoms with Crippen LogP contribution in [0.1, 0.15) is 67.8 Å². The van der Waals surface area contributed by atoms with Gasteiger partial charge in [-0.25, -0.2) is 19.3 Å². The largest absolute Gasteiger partial charge is 0.370 e. The Morgan fingerprint density at radius 3 is 2.74 bits per heavy atom. The maximum Gasteiger partial charge on any atom is 0.163 e. The van der Waals surface area contributed by atoms with Crippen molar-refractivity contribution in [1.82, 2.24) is 24.7 Å². The SMILES string of the molecule is Cc1ccc2c(-c3ccc(Cl)cc3F)nc(C3CC(C)OC(c4cnn(C5CC5)c4)C3)nc2n1. The van der Waals surface area contributed by atoms with Gasteiger partial charge in [0.15, 0.2) is 5.65 Å². The molecule has 8 heteroatoms. The minimum Gasteiger partial charge on any atom is -0.370 e. The summed E-state index contributed by atoms with van der Waals surface area (Å²) in [6.07, 6.45) is 7.88. The van der Waals surface area contributed by atoms with Crippen molar-refractivity contribution < 1.29 is 9.13 Å². The summed E-state index contributed by atoms with van der Waals surface area (Å²) in [7, 11) is 0.